The van der Waals surface area contributed by atoms with Crippen LogP contribution in [0.15, 0.2) is 41.7 Å². The number of thiophene rings is 1. The molecule has 0 amide bonds. The molecule has 0 aromatic carbocycles. The lowest BCUT2D eigenvalue weighted by Gasteiger charge is -2.17. The summed E-state index contributed by atoms with van der Waals surface area (Å²) in [6.07, 6.45) is 5.62. The average molecular weight is 458 g/mol. The molecule has 0 fully saturated rings. The van der Waals surface area contributed by atoms with Gasteiger partial charge in [0, 0.05) is 47.7 Å². The zero-order valence-corrected chi connectivity index (χ0v) is 17.7. The van der Waals surface area contributed by atoms with Crippen LogP contribution in [0.25, 0.3) is 0 Å². The Kier molecular flexibility index (Phi) is 9.94. The molecular formula is C18H27IN4S. The second kappa shape index (κ2) is 11.4. The van der Waals surface area contributed by atoms with E-state index < -0.39 is 0 Å². The van der Waals surface area contributed by atoms with Gasteiger partial charge in [-0.25, -0.2) is 0 Å². The highest BCUT2D eigenvalue weighted by Gasteiger charge is 2.07. The molecule has 2 rings (SSSR count). The second-order valence-corrected chi connectivity index (χ2v) is 7.01. The van der Waals surface area contributed by atoms with Crippen LogP contribution in [0, 0.1) is 6.92 Å². The van der Waals surface area contributed by atoms with Gasteiger partial charge in [-0.2, -0.15) is 0 Å². The van der Waals surface area contributed by atoms with Gasteiger partial charge in [-0.3, -0.25) is 9.98 Å². The van der Waals surface area contributed by atoms with Crippen LogP contribution < -0.4 is 10.6 Å². The van der Waals surface area contributed by atoms with Crippen molar-refractivity contribution in [1.82, 2.24) is 15.6 Å². The summed E-state index contributed by atoms with van der Waals surface area (Å²) in [4.78, 5) is 11.6. The van der Waals surface area contributed by atoms with E-state index in [0.29, 0.717) is 6.04 Å². The molecule has 0 aliphatic rings. The third-order valence-corrected chi connectivity index (χ3v) is 4.45. The summed E-state index contributed by atoms with van der Waals surface area (Å²) in [7, 11) is 0. The maximum absolute atomic E-state index is 4.67. The van der Waals surface area contributed by atoms with Crippen LogP contribution in [0.2, 0.25) is 0 Å². The van der Waals surface area contributed by atoms with Gasteiger partial charge in [0.2, 0.25) is 0 Å². The number of hydrogen-bond acceptors (Lipinski definition) is 3. The van der Waals surface area contributed by atoms with Crippen molar-refractivity contribution in [1.29, 1.82) is 0 Å². The summed E-state index contributed by atoms with van der Waals surface area (Å²) in [5.74, 6) is 0.886. The van der Waals surface area contributed by atoms with Gasteiger partial charge in [0.15, 0.2) is 5.96 Å². The second-order valence-electron chi connectivity index (χ2n) is 5.63. The van der Waals surface area contributed by atoms with Crippen LogP contribution in [0.4, 0.5) is 0 Å². The SMILES string of the molecule is CCNC(=NCCc1cccnc1)NC(C)Cc1ccc(C)s1.I. The molecule has 0 radical (unpaired) electrons. The lowest BCUT2D eigenvalue weighted by molar-refractivity contribution is 0.645. The third kappa shape index (κ3) is 7.61. The molecule has 0 saturated carbocycles. The van der Waals surface area contributed by atoms with Crippen molar-refractivity contribution in [2.75, 3.05) is 13.1 Å². The van der Waals surface area contributed by atoms with Crippen molar-refractivity contribution < 1.29 is 0 Å². The van der Waals surface area contributed by atoms with Gasteiger partial charge in [0.1, 0.15) is 0 Å². The average Bonchev–Trinajstić information content (AvgIpc) is 2.93. The van der Waals surface area contributed by atoms with Crippen LogP contribution in [-0.4, -0.2) is 30.1 Å². The predicted molar refractivity (Wildman–Crippen MR) is 115 cm³/mol. The van der Waals surface area contributed by atoms with Crippen LogP contribution in [-0.2, 0) is 12.8 Å². The normalized spacial score (nSPS) is 12.4. The zero-order chi connectivity index (χ0) is 16.5. The molecule has 24 heavy (non-hydrogen) atoms. The van der Waals surface area contributed by atoms with E-state index in [1.807, 2.05) is 23.6 Å². The van der Waals surface area contributed by atoms with Gasteiger partial charge in [0.05, 0.1) is 0 Å². The highest BCUT2D eigenvalue weighted by molar-refractivity contribution is 14.0. The first-order valence-corrected chi connectivity index (χ1v) is 8.98. The minimum Gasteiger partial charge on any atom is -0.357 e. The number of pyridine rings is 1. The van der Waals surface area contributed by atoms with E-state index in [9.17, 15) is 0 Å². The van der Waals surface area contributed by atoms with Gasteiger partial charge in [-0.1, -0.05) is 6.07 Å². The summed E-state index contributed by atoms with van der Waals surface area (Å²) in [5.41, 5.74) is 1.22. The van der Waals surface area contributed by atoms with Crippen LogP contribution in [0.5, 0.6) is 0 Å². The molecule has 0 spiro atoms. The molecule has 2 N–H and O–H groups in total. The fourth-order valence-corrected chi connectivity index (χ4v) is 3.36. The number of nitrogens with zero attached hydrogens (tertiary/aromatic N) is 2. The van der Waals surface area contributed by atoms with E-state index in [-0.39, 0.29) is 24.0 Å². The summed E-state index contributed by atoms with van der Waals surface area (Å²) >= 11 is 1.86. The van der Waals surface area contributed by atoms with Gasteiger partial charge in [0.25, 0.3) is 0 Å². The lowest BCUT2D eigenvalue weighted by atomic mass is 10.2. The summed E-state index contributed by atoms with van der Waals surface area (Å²) in [6.45, 7) is 8.06. The molecule has 6 heteroatoms. The summed E-state index contributed by atoms with van der Waals surface area (Å²) in [5, 5.41) is 6.81. The maximum Gasteiger partial charge on any atom is 0.191 e. The number of rotatable bonds is 7. The maximum atomic E-state index is 4.67. The van der Waals surface area contributed by atoms with E-state index >= 15 is 0 Å². The van der Waals surface area contributed by atoms with Crippen LogP contribution in [0.1, 0.15) is 29.2 Å². The Morgan fingerprint density at radius 2 is 2.17 bits per heavy atom. The standard InChI is InChI=1S/C18H26N4S.HI/c1-4-20-18(21-11-9-16-6-5-10-19-13-16)22-14(2)12-17-8-7-15(3)23-17;/h5-8,10,13-14H,4,9,11-12H2,1-3H3,(H2,20,21,22);1H. The summed E-state index contributed by atoms with van der Waals surface area (Å²) < 4.78 is 0. The van der Waals surface area contributed by atoms with Crippen LogP contribution >= 0.6 is 35.3 Å². The minimum atomic E-state index is 0. The minimum absolute atomic E-state index is 0. The molecular weight excluding hydrogens is 431 g/mol. The Morgan fingerprint density at radius 1 is 1.33 bits per heavy atom. The molecule has 2 heterocycles. The number of nitrogens with one attached hydrogen (secondary N) is 2. The smallest absolute Gasteiger partial charge is 0.191 e. The van der Waals surface area contributed by atoms with Crippen molar-refractivity contribution in [2.24, 2.45) is 4.99 Å². The fourth-order valence-electron chi connectivity index (χ4n) is 2.34. The Balaban J connectivity index is 0.00000288. The molecule has 132 valence electrons. The van der Waals surface area contributed by atoms with E-state index in [2.05, 4.69) is 59.6 Å². The van der Waals surface area contributed by atoms with Gasteiger partial charge >= 0.3 is 0 Å². The third-order valence-electron chi connectivity index (χ3n) is 3.42. The van der Waals surface area contributed by atoms with Crippen molar-refractivity contribution in [3.05, 3.63) is 52.0 Å². The Hall–Kier alpha value is -1.15. The summed E-state index contributed by atoms with van der Waals surface area (Å²) in [6, 6.07) is 8.80. The first-order valence-electron chi connectivity index (χ1n) is 8.16. The van der Waals surface area contributed by atoms with Gasteiger partial charge in [-0.05, 0) is 51.0 Å². The first-order chi connectivity index (χ1) is 11.2. The topological polar surface area (TPSA) is 49.3 Å². The number of aromatic nitrogens is 1. The first kappa shape index (κ1) is 20.9. The Morgan fingerprint density at radius 3 is 2.79 bits per heavy atom. The Labute approximate surface area is 166 Å². The highest BCUT2D eigenvalue weighted by atomic mass is 127. The molecule has 2 aromatic heterocycles. The monoisotopic (exact) mass is 458 g/mol. The van der Waals surface area contributed by atoms with E-state index in [4.69, 9.17) is 0 Å². The molecule has 0 aliphatic heterocycles. The Bertz CT molecular complexity index is 612. The largest absolute Gasteiger partial charge is 0.357 e. The van der Waals surface area contributed by atoms with Crippen molar-refractivity contribution in [3.8, 4) is 0 Å². The molecule has 1 atom stereocenters. The highest BCUT2D eigenvalue weighted by Crippen LogP contribution is 2.16. The van der Waals surface area contributed by atoms with Gasteiger partial charge in [-0.15, -0.1) is 35.3 Å². The number of hydrogen-bond donors (Lipinski definition) is 2. The number of guanidine groups is 1. The number of aryl methyl sites for hydroxylation is 1. The predicted octanol–water partition coefficient (Wildman–Crippen LogP) is 3.80. The number of halogens is 1. The van der Waals surface area contributed by atoms with Crippen molar-refractivity contribution in [2.45, 2.75) is 39.7 Å². The molecule has 0 aliphatic carbocycles. The molecule has 2 aromatic rings. The quantitative estimate of drug-likeness (QED) is 0.377. The van der Waals surface area contributed by atoms with Gasteiger partial charge < -0.3 is 10.6 Å². The lowest BCUT2D eigenvalue weighted by Crippen LogP contribution is -2.43. The fraction of sp³-hybridized carbons (Fsp3) is 0.444. The zero-order valence-electron chi connectivity index (χ0n) is 14.6. The number of aliphatic imine (C=N–C) groups is 1. The molecule has 0 saturated heterocycles. The van der Waals surface area contributed by atoms with E-state index in [0.717, 1.165) is 31.9 Å². The molecule has 0 bridgehead atoms. The molecule has 4 nitrogen and oxygen atoms in total. The van der Waals surface area contributed by atoms with E-state index in [1.54, 1.807) is 6.20 Å². The van der Waals surface area contributed by atoms with Crippen LogP contribution in [0.3, 0.4) is 0 Å². The van der Waals surface area contributed by atoms with Crippen molar-refractivity contribution in [3.63, 3.8) is 0 Å². The van der Waals surface area contributed by atoms with Crippen molar-refractivity contribution >= 4 is 41.3 Å². The van der Waals surface area contributed by atoms with E-state index in [1.165, 1.54) is 15.3 Å². The molecule has 1 unspecified atom stereocenters.